The number of hydrogen-bond donors (Lipinski definition) is 4. The van der Waals surface area contributed by atoms with Crippen molar-refractivity contribution in [3.8, 4) is 0 Å². The van der Waals surface area contributed by atoms with Gasteiger partial charge in [0.2, 0.25) is 5.91 Å². The number of thiophene rings is 1. The minimum Gasteiger partial charge on any atom is -0.361 e. The van der Waals surface area contributed by atoms with Crippen molar-refractivity contribution in [2.24, 2.45) is 0 Å². The van der Waals surface area contributed by atoms with Crippen LogP contribution in [0, 0.1) is 5.82 Å². The fourth-order valence-electron chi connectivity index (χ4n) is 3.42. The predicted molar refractivity (Wildman–Crippen MR) is 124 cm³/mol. The van der Waals surface area contributed by atoms with Crippen LogP contribution >= 0.6 is 11.3 Å². The van der Waals surface area contributed by atoms with E-state index >= 15 is 0 Å². The minimum atomic E-state index is -0.926. The first-order valence-corrected chi connectivity index (χ1v) is 11.1. The van der Waals surface area contributed by atoms with E-state index in [0.717, 1.165) is 16.5 Å². The first-order chi connectivity index (χ1) is 16.0. The quantitative estimate of drug-likeness (QED) is 0.316. The monoisotopic (exact) mass is 464 g/mol. The van der Waals surface area contributed by atoms with E-state index in [2.05, 4.69) is 21.2 Å². The molecule has 0 saturated heterocycles. The number of fused-ring (bicyclic) bond motifs is 1. The molecule has 4 aromatic rings. The molecule has 2 aromatic carbocycles. The zero-order valence-corrected chi connectivity index (χ0v) is 18.2. The third-order valence-electron chi connectivity index (χ3n) is 5.07. The first-order valence-electron chi connectivity index (χ1n) is 10.2. The maximum atomic E-state index is 13.0. The molecule has 2 aromatic heterocycles. The Morgan fingerprint density at radius 1 is 0.970 bits per heavy atom. The molecule has 0 radical (unpaired) electrons. The number of para-hydroxylation sites is 1. The van der Waals surface area contributed by atoms with Crippen molar-refractivity contribution in [2.45, 2.75) is 18.9 Å². The van der Waals surface area contributed by atoms with Crippen LogP contribution in [-0.2, 0) is 22.4 Å². The van der Waals surface area contributed by atoms with Crippen molar-refractivity contribution < 1.29 is 18.8 Å². The van der Waals surface area contributed by atoms with Gasteiger partial charge in [0.1, 0.15) is 11.9 Å². The van der Waals surface area contributed by atoms with E-state index < -0.39 is 23.7 Å². The highest BCUT2D eigenvalue weighted by Gasteiger charge is 2.24. The summed E-state index contributed by atoms with van der Waals surface area (Å²) in [5.74, 6) is -1.79. The van der Waals surface area contributed by atoms with Gasteiger partial charge in [0.25, 0.3) is 11.8 Å². The maximum absolute atomic E-state index is 13.0. The van der Waals surface area contributed by atoms with Crippen LogP contribution in [0.1, 0.15) is 20.8 Å². The van der Waals surface area contributed by atoms with Gasteiger partial charge in [-0.25, -0.2) is 4.39 Å². The van der Waals surface area contributed by atoms with Crippen molar-refractivity contribution in [1.29, 1.82) is 0 Å². The maximum Gasteiger partial charge on any atom is 0.262 e. The molecule has 168 valence electrons. The Morgan fingerprint density at radius 2 is 1.76 bits per heavy atom. The van der Waals surface area contributed by atoms with Crippen LogP contribution < -0.4 is 16.2 Å². The van der Waals surface area contributed by atoms with E-state index in [0.29, 0.717) is 10.4 Å². The first kappa shape index (κ1) is 22.2. The van der Waals surface area contributed by atoms with Crippen LogP contribution in [-0.4, -0.2) is 28.7 Å². The molecule has 1 atom stereocenters. The fraction of sp³-hybridized carbons (Fsp3) is 0.125. The molecule has 7 nitrogen and oxygen atoms in total. The summed E-state index contributed by atoms with van der Waals surface area (Å²) < 4.78 is 13.0. The molecule has 9 heteroatoms. The van der Waals surface area contributed by atoms with Crippen LogP contribution in [0.15, 0.2) is 72.2 Å². The Labute approximate surface area is 193 Å². The lowest BCUT2D eigenvalue weighted by atomic mass is 10.0. The second-order valence-corrected chi connectivity index (χ2v) is 8.36. The van der Waals surface area contributed by atoms with Crippen molar-refractivity contribution in [1.82, 2.24) is 21.2 Å². The number of amides is 3. The molecule has 4 rings (SSSR count). The zero-order chi connectivity index (χ0) is 23.2. The number of carbonyl (C=O) groups excluding carboxylic acids is 3. The molecule has 0 fully saturated rings. The minimum absolute atomic E-state index is 0.0325. The van der Waals surface area contributed by atoms with Crippen molar-refractivity contribution in [3.05, 3.63) is 94.1 Å². The SMILES string of the molecule is O=C(Cc1ccc(F)cc1)NNC(=O)[C@H](Cc1c[nH]c2ccccc12)NC(=O)c1cccs1. The van der Waals surface area contributed by atoms with E-state index in [9.17, 15) is 18.8 Å². The summed E-state index contributed by atoms with van der Waals surface area (Å²) in [5.41, 5.74) is 7.13. The lowest BCUT2D eigenvalue weighted by Crippen LogP contribution is -2.53. The molecule has 0 aliphatic carbocycles. The number of H-pyrrole nitrogens is 1. The number of rotatable bonds is 7. The number of hydrogen-bond acceptors (Lipinski definition) is 4. The summed E-state index contributed by atoms with van der Waals surface area (Å²) in [7, 11) is 0. The molecule has 4 N–H and O–H groups in total. The second kappa shape index (κ2) is 10.1. The topological polar surface area (TPSA) is 103 Å². The molecule has 0 saturated carbocycles. The van der Waals surface area contributed by atoms with Gasteiger partial charge in [-0.1, -0.05) is 36.4 Å². The average Bonchev–Trinajstić information content (AvgIpc) is 3.49. The smallest absolute Gasteiger partial charge is 0.262 e. The van der Waals surface area contributed by atoms with E-state index in [4.69, 9.17) is 0 Å². The Balaban J connectivity index is 1.44. The summed E-state index contributed by atoms with van der Waals surface area (Å²) >= 11 is 1.27. The number of aromatic amines is 1. The van der Waals surface area contributed by atoms with E-state index in [1.54, 1.807) is 23.7 Å². The standard InChI is InChI=1S/C24H21FN4O3S/c25-17-9-7-15(8-10-17)12-22(30)28-29-23(31)20(27-24(32)21-6-3-11-33-21)13-16-14-26-19-5-2-1-4-18(16)19/h1-11,14,20,26H,12-13H2,(H,27,32)(H,28,30)(H,29,31)/t20-/m0/s1. The van der Waals surface area contributed by atoms with Crippen molar-refractivity contribution in [3.63, 3.8) is 0 Å². The summed E-state index contributed by atoms with van der Waals surface area (Å²) in [6, 6.07) is 15.7. The van der Waals surface area contributed by atoms with Gasteiger partial charge in [0, 0.05) is 23.5 Å². The van der Waals surface area contributed by atoms with E-state index in [1.807, 2.05) is 24.3 Å². The van der Waals surface area contributed by atoms with Crippen LogP contribution in [0.5, 0.6) is 0 Å². The Morgan fingerprint density at radius 3 is 2.52 bits per heavy atom. The van der Waals surface area contributed by atoms with Gasteiger partial charge < -0.3 is 10.3 Å². The van der Waals surface area contributed by atoms with Gasteiger partial charge in [-0.05, 0) is 40.8 Å². The van der Waals surface area contributed by atoms with E-state index in [-0.39, 0.29) is 18.7 Å². The third kappa shape index (κ3) is 5.64. The van der Waals surface area contributed by atoms with Crippen LogP contribution in [0.3, 0.4) is 0 Å². The molecule has 0 bridgehead atoms. The lowest BCUT2D eigenvalue weighted by molar-refractivity contribution is -0.129. The molecular formula is C24H21FN4O3S. The van der Waals surface area contributed by atoms with Gasteiger partial charge >= 0.3 is 0 Å². The van der Waals surface area contributed by atoms with Crippen LogP contribution in [0.25, 0.3) is 10.9 Å². The summed E-state index contributed by atoms with van der Waals surface area (Å²) in [5, 5.41) is 5.48. The Hall–Kier alpha value is -3.98. The number of carbonyl (C=O) groups is 3. The zero-order valence-electron chi connectivity index (χ0n) is 17.4. The van der Waals surface area contributed by atoms with Gasteiger partial charge in [-0.15, -0.1) is 11.3 Å². The molecule has 0 spiro atoms. The number of benzene rings is 2. The molecule has 0 aliphatic heterocycles. The highest BCUT2D eigenvalue weighted by molar-refractivity contribution is 7.12. The Kier molecular flexibility index (Phi) is 6.80. The number of aromatic nitrogens is 1. The normalized spacial score (nSPS) is 11.7. The number of hydrazine groups is 1. The summed E-state index contributed by atoms with van der Waals surface area (Å²) in [6.07, 6.45) is 1.99. The van der Waals surface area contributed by atoms with Crippen molar-refractivity contribution in [2.75, 3.05) is 0 Å². The summed E-state index contributed by atoms with van der Waals surface area (Å²) in [6.45, 7) is 0. The molecule has 0 aliphatic rings. The van der Waals surface area contributed by atoms with Gasteiger partial charge in [-0.3, -0.25) is 25.2 Å². The van der Waals surface area contributed by atoms with Gasteiger partial charge in [-0.2, -0.15) is 0 Å². The third-order valence-corrected chi connectivity index (χ3v) is 5.94. The fourth-order valence-corrected chi connectivity index (χ4v) is 4.04. The van der Waals surface area contributed by atoms with Gasteiger partial charge in [0.15, 0.2) is 0 Å². The highest BCUT2D eigenvalue weighted by Crippen LogP contribution is 2.19. The molecular weight excluding hydrogens is 443 g/mol. The highest BCUT2D eigenvalue weighted by atomic mass is 32.1. The molecule has 33 heavy (non-hydrogen) atoms. The molecule has 0 unspecified atom stereocenters. The second-order valence-electron chi connectivity index (χ2n) is 7.41. The van der Waals surface area contributed by atoms with E-state index in [1.165, 1.54) is 35.6 Å². The molecule has 2 heterocycles. The predicted octanol–water partition coefficient (Wildman–Crippen LogP) is 3.10. The average molecular weight is 465 g/mol. The largest absolute Gasteiger partial charge is 0.361 e. The lowest BCUT2D eigenvalue weighted by Gasteiger charge is -2.18. The number of halogens is 1. The molecule has 3 amide bonds. The number of nitrogens with one attached hydrogen (secondary N) is 4. The van der Waals surface area contributed by atoms with Crippen molar-refractivity contribution >= 4 is 40.0 Å². The van der Waals surface area contributed by atoms with Crippen LogP contribution in [0.2, 0.25) is 0 Å². The Bertz CT molecular complexity index is 1270. The summed E-state index contributed by atoms with van der Waals surface area (Å²) in [4.78, 5) is 41.4. The van der Waals surface area contributed by atoms with Gasteiger partial charge in [0.05, 0.1) is 11.3 Å². The van der Waals surface area contributed by atoms with Crippen LogP contribution in [0.4, 0.5) is 4.39 Å².